The standard InChI is InChI=1S/C14H8Cl2F4N2O4S/c1-26-13(23)22-27(24,25)11-3-7(10(17)4-8(11)15)12-9(16)2-6(5-21-12)14(18,19)20/h2-5H,1H3,(H,22,23). The molecule has 0 aliphatic carbocycles. The number of aromatic nitrogens is 1. The number of ether oxygens (including phenoxy) is 1. The molecule has 1 aromatic heterocycles. The van der Waals surface area contributed by atoms with Crippen LogP contribution in [0.2, 0.25) is 10.0 Å². The Kier molecular flexibility index (Phi) is 5.88. The van der Waals surface area contributed by atoms with E-state index in [1.54, 1.807) is 0 Å². The van der Waals surface area contributed by atoms with Crippen molar-refractivity contribution in [2.75, 3.05) is 7.11 Å². The third-order valence-corrected chi connectivity index (χ3v) is 5.20. The van der Waals surface area contributed by atoms with Crippen LogP contribution in [0.3, 0.4) is 0 Å². The fourth-order valence-corrected chi connectivity index (χ4v) is 3.64. The van der Waals surface area contributed by atoms with Gasteiger partial charge in [-0.05, 0) is 18.2 Å². The molecule has 0 spiro atoms. The van der Waals surface area contributed by atoms with Crippen molar-refractivity contribution in [2.45, 2.75) is 11.1 Å². The first-order chi connectivity index (χ1) is 12.4. The summed E-state index contributed by atoms with van der Waals surface area (Å²) in [4.78, 5) is 13.9. The second kappa shape index (κ2) is 7.49. The highest BCUT2D eigenvalue weighted by molar-refractivity contribution is 7.90. The molecular formula is C14H8Cl2F4N2O4S. The highest BCUT2D eigenvalue weighted by Crippen LogP contribution is 2.36. The Morgan fingerprint density at radius 3 is 2.33 bits per heavy atom. The van der Waals surface area contributed by atoms with E-state index in [4.69, 9.17) is 23.2 Å². The number of sulfonamides is 1. The van der Waals surface area contributed by atoms with Gasteiger partial charge in [0, 0.05) is 11.8 Å². The van der Waals surface area contributed by atoms with Crippen molar-refractivity contribution in [3.05, 3.63) is 45.8 Å². The average Bonchev–Trinajstić information content (AvgIpc) is 2.53. The summed E-state index contributed by atoms with van der Waals surface area (Å²) in [5.41, 5.74) is -2.16. The highest BCUT2D eigenvalue weighted by Gasteiger charge is 2.32. The van der Waals surface area contributed by atoms with Crippen LogP contribution in [0.4, 0.5) is 22.4 Å². The molecular weight excluding hydrogens is 439 g/mol. The molecule has 0 aliphatic rings. The third-order valence-electron chi connectivity index (χ3n) is 3.14. The molecule has 6 nitrogen and oxygen atoms in total. The normalized spacial score (nSPS) is 12.0. The highest BCUT2D eigenvalue weighted by atomic mass is 35.5. The summed E-state index contributed by atoms with van der Waals surface area (Å²) >= 11 is 11.5. The number of pyridine rings is 1. The minimum atomic E-state index is -4.73. The summed E-state index contributed by atoms with van der Waals surface area (Å²) in [5, 5.41) is -1.16. The molecule has 0 fully saturated rings. The van der Waals surface area contributed by atoms with Crippen molar-refractivity contribution in [1.82, 2.24) is 9.71 Å². The number of nitrogens with zero attached hydrogens (tertiary/aromatic N) is 1. The summed E-state index contributed by atoms with van der Waals surface area (Å²) in [7, 11) is -3.66. The molecule has 0 aliphatic heterocycles. The molecule has 13 heteroatoms. The summed E-state index contributed by atoms with van der Waals surface area (Å²) in [6.45, 7) is 0. The smallest absolute Gasteiger partial charge is 0.420 e. The van der Waals surface area contributed by atoms with Crippen LogP contribution in [-0.4, -0.2) is 26.6 Å². The van der Waals surface area contributed by atoms with Crippen molar-refractivity contribution in [2.24, 2.45) is 0 Å². The van der Waals surface area contributed by atoms with Crippen molar-refractivity contribution < 1.29 is 35.5 Å². The summed E-state index contributed by atoms with van der Waals surface area (Å²) in [5.74, 6) is -1.09. The van der Waals surface area contributed by atoms with Gasteiger partial charge in [-0.25, -0.2) is 22.3 Å². The summed E-state index contributed by atoms with van der Waals surface area (Å²) < 4.78 is 82.3. The van der Waals surface area contributed by atoms with E-state index in [9.17, 15) is 30.8 Å². The molecule has 1 aromatic carbocycles. The average molecular weight is 447 g/mol. The predicted molar refractivity (Wildman–Crippen MR) is 87.4 cm³/mol. The number of benzene rings is 1. The van der Waals surface area contributed by atoms with Crippen molar-refractivity contribution in [1.29, 1.82) is 0 Å². The fourth-order valence-electron chi connectivity index (χ4n) is 1.91. The van der Waals surface area contributed by atoms with Crippen LogP contribution in [-0.2, 0) is 20.9 Å². The zero-order chi connectivity index (χ0) is 20.6. The first kappa shape index (κ1) is 21.2. The topological polar surface area (TPSA) is 85.4 Å². The number of nitrogens with one attached hydrogen (secondary N) is 1. The second-order valence-corrected chi connectivity index (χ2v) is 7.38. The van der Waals surface area contributed by atoms with Gasteiger partial charge in [-0.2, -0.15) is 13.2 Å². The van der Waals surface area contributed by atoms with Crippen LogP contribution >= 0.6 is 23.2 Å². The first-order valence-electron chi connectivity index (χ1n) is 6.69. The fraction of sp³-hybridized carbons (Fsp3) is 0.143. The van der Waals surface area contributed by atoms with Gasteiger partial charge < -0.3 is 4.74 Å². The number of methoxy groups -OCH3 is 1. The van der Waals surface area contributed by atoms with E-state index in [1.807, 2.05) is 0 Å². The predicted octanol–water partition coefficient (Wildman–Crippen LogP) is 4.26. The largest absolute Gasteiger partial charge is 0.452 e. The van der Waals surface area contributed by atoms with Crippen LogP contribution < -0.4 is 4.72 Å². The van der Waals surface area contributed by atoms with E-state index >= 15 is 0 Å². The summed E-state index contributed by atoms with van der Waals surface area (Å²) in [6, 6.07) is 1.79. The molecule has 146 valence electrons. The van der Waals surface area contributed by atoms with Gasteiger partial charge in [0.05, 0.1) is 28.4 Å². The second-order valence-electron chi connectivity index (χ2n) is 4.91. The maximum atomic E-state index is 14.2. The van der Waals surface area contributed by atoms with Crippen LogP contribution in [0.5, 0.6) is 0 Å². The van der Waals surface area contributed by atoms with Crippen molar-refractivity contribution in [3.8, 4) is 11.3 Å². The van der Waals surface area contributed by atoms with Crippen molar-refractivity contribution in [3.63, 3.8) is 0 Å². The summed E-state index contributed by atoms with van der Waals surface area (Å²) in [6.07, 6.45) is -5.65. The van der Waals surface area contributed by atoms with Crippen LogP contribution in [0.25, 0.3) is 11.3 Å². The lowest BCUT2D eigenvalue weighted by Crippen LogP contribution is -2.30. The lowest BCUT2D eigenvalue weighted by atomic mass is 10.1. The molecule has 0 unspecified atom stereocenters. The first-order valence-corrected chi connectivity index (χ1v) is 8.93. The molecule has 27 heavy (non-hydrogen) atoms. The number of amides is 1. The van der Waals surface area contributed by atoms with Gasteiger partial charge in [0.1, 0.15) is 10.7 Å². The Bertz CT molecular complexity index is 1010. The quantitative estimate of drug-likeness (QED) is 0.711. The molecule has 1 heterocycles. The van der Waals surface area contributed by atoms with E-state index in [-0.39, 0.29) is 0 Å². The molecule has 1 amide bonds. The van der Waals surface area contributed by atoms with Gasteiger partial charge in [0.25, 0.3) is 10.0 Å². The van der Waals surface area contributed by atoms with Gasteiger partial charge in [0.2, 0.25) is 0 Å². The van der Waals surface area contributed by atoms with Crippen LogP contribution in [0.15, 0.2) is 29.3 Å². The van der Waals surface area contributed by atoms with Gasteiger partial charge in [-0.15, -0.1) is 0 Å². The van der Waals surface area contributed by atoms with Gasteiger partial charge in [-0.1, -0.05) is 23.2 Å². The molecule has 0 saturated carbocycles. The Balaban J connectivity index is 2.62. The lowest BCUT2D eigenvalue weighted by Gasteiger charge is -2.12. The molecule has 0 atom stereocenters. The van der Waals surface area contributed by atoms with Gasteiger partial charge >= 0.3 is 12.3 Å². The van der Waals surface area contributed by atoms with E-state index < -0.39 is 59.9 Å². The molecule has 2 rings (SSSR count). The zero-order valence-corrected chi connectivity index (χ0v) is 15.4. The SMILES string of the molecule is COC(=O)NS(=O)(=O)c1cc(-c2ncc(C(F)(F)F)cc2Cl)c(F)cc1Cl. The van der Waals surface area contributed by atoms with E-state index in [0.717, 1.165) is 7.11 Å². The number of alkyl halides is 3. The Hall–Kier alpha value is -2.11. The maximum absolute atomic E-state index is 14.2. The molecule has 0 saturated heterocycles. The molecule has 1 N–H and O–H groups in total. The van der Waals surface area contributed by atoms with E-state index in [2.05, 4.69) is 9.72 Å². The van der Waals surface area contributed by atoms with Crippen LogP contribution in [0, 0.1) is 5.82 Å². The number of carbonyl (C=O) groups is 1. The number of hydrogen-bond acceptors (Lipinski definition) is 5. The maximum Gasteiger partial charge on any atom is 0.420 e. The minimum Gasteiger partial charge on any atom is -0.452 e. The molecule has 0 bridgehead atoms. The lowest BCUT2D eigenvalue weighted by molar-refractivity contribution is -0.137. The van der Waals surface area contributed by atoms with E-state index in [1.165, 1.54) is 4.72 Å². The number of hydrogen-bond donors (Lipinski definition) is 1. The Morgan fingerprint density at radius 1 is 1.19 bits per heavy atom. The molecule has 2 aromatic rings. The Morgan fingerprint density at radius 2 is 1.81 bits per heavy atom. The monoisotopic (exact) mass is 446 g/mol. The third kappa shape index (κ3) is 4.60. The number of halogens is 6. The van der Waals surface area contributed by atoms with Gasteiger partial charge in [-0.3, -0.25) is 4.98 Å². The van der Waals surface area contributed by atoms with Crippen molar-refractivity contribution >= 4 is 39.3 Å². The van der Waals surface area contributed by atoms with E-state index in [0.29, 0.717) is 24.4 Å². The minimum absolute atomic E-state index is 0.413. The Labute approximate surface area is 160 Å². The zero-order valence-electron chi connectivity index (χ0n) is 13.1. The number of rotatable bonds is 3. The van der Waals surface area contributed by atoms with Gasteiger partial charge in [0.15, 0.2) is 0 Å². The van der Waals surface area contributed by atoms with Crippen LogP contribution in [0.1, 0.15) is 5.56 Å². The molecule has 0 radical (unpaired) electrons. The number of carbonyl (C=O) groups excluding carboxylic acids is 1.